The molecule has 1 aromatic carbocycles. The number of rotatable bonds is 6. The number of carbonyl (C=O) groups is 1. The Morgan fingerprint density at radius 3 is 2.76 bits per heavy atom. The lowest BCUT2D eigenvalue weighted by Gasteiger charge is -2.25. The van der Waals surface area contributed by atoms with Crippen LogP contribution in [0, 0.1) is 5.82 Å². The van der Waals surface area contributed by atoms with Crippen LogP contribution in [0.3, 0.4) is 0 Å². The van der Waals surface area contributed by atoms with Gasteiger partial charge in [0, 0.05) is 30.8 Å². The molecule has 1 atom stereocenters. The predicted octanol–water partition coefficient (Wildman–Crippen LogP) is 4.09. The van der Waals surface area contributed by atoms with Crippen molar-refractivity contribution in [3.05, 3.63) is 58.4 Å². The molecule has 7 heteroatoms. The Labute approximate surface area is 149 Å². The van der Waals surface area contributed by atoms with E-state index in [1.54, 1.807) is 35.4 Å². The maximum Gasteiger partial charge on any atom is 0.227 e. The smallest absolute Gasteiger partial charge is 0.227 e. The van der Waals surface area contributed by atoms with Crippen molar-refractivity contribution in [1.82, 2.24) is 15.0 Å². The van der Waals surface area contributed by atoms with Crippen LogP contribution in [0.2, 0.25) is 0 Å². The lowest BCUT2D eigenvalue weighted by Crippen LogP contribution is -2.29. The maximum absolute atomic E-state index is 13.0. The third-order valence-electron chi connectivity index (χ3n) is 4.13. The molecule has 0 saturated carbocycles. The van der Waals surface area contributed by atoms with Crippen molar-refractivity contribution in [3.8, 4) is 11.4 Å². The van der Waals surface area contributed by atoms with Gasteiger partial charge in [0.15, 0.2) is 0 Å². The van der Waals surface area contributed by atoms with Crippen LogP contribution in [-0.2, 0) is 11.2 Å². The van der Waals surface area contributed by atoms with Crippen molar-refractivity contribution in [2.45, 2.75) is 25.8 Å². The van der Waals surface area contributed by atoms with Gasteiger partial charge in [0.2, 0.25) is 17.6 Å². The van der Waals surface area contributed by atoms with E-state index in [-0.39, 0.29) is 24.2 Å². The van der Waals surface area contributed by atoms with Crippen LogP contribution in [0.5, 0.6) is 0 Å². The van der Waals surface area contributed by atoms with Gasteiger partial charge in [-0.15, -0.1) is 0 Å². The van der Waals surface area contributed by atoms with Crippen LogP contribution in [0.25, 0.3) is 11.4 Å². The van der Waals surface area contributed by atoms with Crippen molar-refractivity contribution in [3.63, 3.8) is 0 Å². The first-order valence-corrected chi connectivity index (χ1v) is 8.85. The Bertz CT molecular complexity index is 830. The fourth-order valence-corrected chi connectivity index (χ4v) is 3.07. The number of nitrogens with zero attached hydrogens (tertiary/aromatic N) is 3. The molecule has 0 aliphatic rings. The van der Waals surface area contributed by atoms with Gasteiger partial charge < -0.3 is 9.42 Å². The Balaban J connectivity index is 1.57. The molecule has 130 valence electrons. The molecule has 0 N–H and O–H groups in total. The second kappa shape index (κ2) is 7.57. The molecule has 0 saturated heterocycles. The van der Waals surface area contributed by atoms with E-state index >= 15 is 0 Å². The first-order valence-electron chi connectivity index (χ1n) is 7.91. The number of carbonyl (C=O) groups excluding carboxylic acids is 1. The molecule has 0 unspecified atom stereocenters. The van der Waals surface area contributed by atoms with E-state index in [0.29, 0.717) is 18.1 Å². The second-order valence-corrected chi connectivity index (χ2v) is 6.54. The molecular formula is C18H18FN3O2S. The van der Waals surface area contributed by atoms with Crippen LogP contribution >= 0.6 is 11.3 Å². The van der Waals surface area contributed by atoms with Gasteiger partial charge in [0.25, 0.3) is 0 Å². The second-order valence-electron chi connectivity index (χ2n) is 5.76. The SMILES string of the molecule is C[C@@H](c1ccc(F)cc1)N(C)C(=O)CCc1nc(-c2ccsc2)no1. The minimum absolute atomic E-state index is 0.0351. The van der Waals surface area contributed by atoms with Gasteiger partial charge in [-0.1, -0.05) is 17.3 Å². The molecular weight excluding hydrogens is 341 g/mol. The highest BCUT2D eigenvalue weighted by atomic mass is 32.1. The molecule has 3 aromatic rings. The molecule has 25 heavy (non-hydrogen) atoms. The van der Waals surface area contributed by atoms with Gasteiger partial charge in [0.05, 0.1) is 6.04 Å². The van der Waals surface area contributed by atoms with E-state index in [1.807, 2.05) is 23.8 Å². The van der Waals surface area contributed by atoms with Crippen LogP contribution in [0.4, 0.5) is 4.39 Å². The highest BCUT2D eigenvalue weighted by Crippen LogP contribution is 2.21. The van der Waals surface area contributed by atoms with Crippen molar-refractivity contribution >= 4 is 17.2 Å². The molecule has 0 fully saturated rings. The van der Waals surface area contributed by atoms with Crippen molar-refractivity contribution in [2.24, 2.45) is 0 Å². The minimum atomic E-state index is -0.289. The number of halogens is 1. The summed E-state index contributed by atoms with van der Waals surface area (Å²) in [4.78, 5) is 18.4. The molecule has 0 aliphatic carbocycles. The zero-order valence-electron chi connectivity index (χ0n) is 14.0. The molecule has 2 aromatic heterocycles. The van der Waals surface area contributed by atoms with Gasteiger partial charge in [-0.05, 0) is 36.1 Å². The lowest BCUT2D eigenvalue weighted by atomic mass is 10.1. The molecule has 0 spiro atoms. The summed E-state index contributed by atoms with van der Waals surface area (Å²) >= 11 is 1.56. The predicted molar refractivity (Wildman–Crippen MR) is 93.5 cm³/mol. The quantitative estimate of drug-likeness (QED) is 0.665. The van der Waals surface area contributed by atoms with Crippen LogP contribution in [0.1, 0.15) is 30.8 Å². The topological polar surface area (TPSA) is 59.2 Å². The third-order valence-corrected chi connectivity index (χ3v) is 4.81. The first kappa shape index (κ1) is 17.3. The summed E-state index contributed by atoms with van der Waals surface area (Å²) in [6, 6.07) is 7.95. The number of aryl methyl sites for hydroxylation is 1. The van der Waals surface area contributed by atoms with Gasteiger partial charge in [0.1, 0.15) is 5.82 Å². The van der Waals surface area contributed by atoms with E-state index in [9.17, 15) is 9.18 Å². The third kappa shape index (κ3) is 4.11. The van der Waals surface area contributed by atoms with Crippen molar-refractivity contribution < 1.29 is 13.7 Å². The van der Waals surface area contributed by atoms with Crippen LogP contribution in [0.15, 0.2) is 45.6 Å². The molecule has 0 radical (unpaired) electrons. The molecule has 3 rings (SSSR count). The van der Waals surface area contributed by atoms with Gasteiger partial charge in [-0.3, -0.25) is 4.79 Å². The minimum Gasteiger partial charge on any atom is -0.339 e. The summed E-state index contributed by atoms with van der Waals surface area (Å²) in [6.45, 7) is 1.91. The number of aromatic nitrogens is 2. The number of hydrogen-bond donors (Lipinski definition) is 0. The number of benzene rings is 1. The highest BCUT2D eigenvalue weighted by Gasteiger charge is 2.18. The number of thiophene rings is 1. The summed E-state index contributed by atoms with van der Waals surface area (Å²) in [7, 11) is 1.74. The van der Waals surface area contributed by atoms with Gasteiger partial charge >= 0.3 is 0 Å². The summed E-state index contributed by atoms with van der Waals surface area (Å²) in [5.41, 5.74) is 1.79. The normalized spacial score (nSPS) is 12.1. The fraction of sp³-hybridized carbons (Fsp3) is 0.278. The fourth-order valence-electron chi connectivity index (χ4n) is 2.44. The van der Waals surface area contributed by atoms with E-state index in [1.165, 1.54) is 12.1 Å². The number of amides is 1. The van der Waals surface area contributed by atoms with E-state index < -0.39 is 0 Å². The van der Waals surface area contributed by atoms with E-state index in [0.717, 1.165) is 11.1 Å². The lowest BCUT2D eigenvalue weighted by molar-refractivity contribution is -0.131. The van der Waals surface area contributed by atoms with E-state index in [4.69, 9.17) is 4.52 Å². The Hall–Kier alpha value is -2.54. The summed E-state index contributed by atoms with van der Waals surface area (Å²) in [6.07, 6.45) is 0.657. The van der Waals surface area contributed by atoms with Crippen molar-refractivity contribution in [2.75, 3.05) is 7.05 Å². The maximum atomic E-state index is 13.0. The Morgan fingerprint density at radius 1 is 1.32 bits per heavy atom. The highest BCUT2D eigenvalue weighted by molar-refractivity contribution is 7.08. The first-order chi connectivity index (χ1) is 12.0. The number of hydrogen-bond acceptors (Lipinski definition) is 5. The zero-order valence-corrected chi connectivity index (χ0v) is 14.8. The molecule has 2 heterocycles. The van der Waals surface area contributed by atoms with Gasteiger partial charge in [-0.25, -0.2) is 4.39 Å². The summed E-state index contributed by atoms with van der Waals surface area (Å²) in [5.74, 6) is 0.656. The standard InChI is InChI=1S/C18H18FN3O2S/c1-12(13-3-5-15(19)6-4-13)22(2)17(23)8-7-16-20-18(21-24-16)14-9-10-25-11-14/h3-6,9-12H,7-8H2,1-2H3/t12-/m0/s1. The van der Waals surface area contributed by atoms with Crippen LogP contribution in [-0.4, -0.2) is 28.0 Å². The zero-order chi connectivity index (χ0) is 17.8. The molecule has 1 amide bonds. The Kier molecular flexibility index (Phi) is 5.23. The molecule has 0 bridgehead atoms. The van der Waals surface area contributed by atoms with Crippen molar-refractivity contribution in [1.29, 1.82) is 0 Å². The largest absolute Gasteiger partial charge is 0.339 e. The monoisotopic (exact) mass is 359 g/mol. The average Bonchev–Trinajstić information content (AvgIpc) is 3.30. The molecule has 5 nitrogen and oxygen atoms in total. The summed E-state index contributed by atoms with van der Waals surface area (Å²) in [5, 5.41) is 7.82. The Morgan fingerprint density at radius 2 is 2.08 bits per heavy atom. The average molecular weight is 359 g/mol. The van der Waals surface area contributed by atoms with Crippen LogP contribution < -0.4 is 0 Å². The molecule has 0 aliphatic heterocycles. The van der Waals surface area contributed by atoms with E-state index in [2.05, 4.69) is 10.1 Å². The summed E-state index contributed by atoms with van der Waals surface area (Å²) < 4.78 is 18.2. The van der Waals surface area contributed by atoms with Gasteiger partial charge in [-0.2, -0.15) is 16.3 Å².